The fraction of sp³-hybridized carbons (Fsp3) is 0.786. The zero-order chi connectivity index (χ0) is 14.2. The van der Waals surface area contributed by atoms with Gasteiger partial charge in [-0.2, -0.15) is 5.10 Å². The lowest BCUT2D eigenvalue weighted by atomic mass is 9.85. The standard InChI is InChI=1S/C14H25ClN4/c1-10-11(13(15)18(5)17-10)8-19-7-6-16-12(9-19)14(2,3)4/h12,16H,6-9H2,1-5H3. The number of nitrogens with zero attached hydrogens (tertiary/aromatic N) is 3. The molecule has 1 N–H and O–H groups in total. The summed E-state index contributed by atoms with van der Waals surface area (Å²) in [4.78, 5) is 2.47. The van der Waals surface area contributed by atoms with E-state index in [0.29, 0.717) is 6.04 Å². The highest BCUT2D eigenvalue weighted by Gasteiger charge is 2.29. The van der Waals surface area contributed by atoms with Gasteiger partial charge in [0.05, 0.1) is 5.69 Å². The molecule has 1 aliphatic rings. The van der Waals surface area contributed by atoms with E-state index in [2.05, 4.69) is 36.1 Å². The summed E-state index contributed by atoms with van der Waals surface area (Å²) in [6, 6.07) is 0.525. The number of aromatic nitrogens is 2. The Morgan fingerprint density at radius 1 is 1.42 bits per heavy atom. The zero-order valence-electron chi connectivity index (χ0n) is 12.6. The molecule has 0 saturated carbocycles. The van der Waals surface area contributed by atoms with E-state index in [1.807, 2.05) is 14.0 Å². The summed E-state index contributed by atoms with van der Waals surface area (Å²) in [5.74, 6) is 0. The van der Waals surface area contributed by atoms with Crippen molar-refractivity contribution in [3.8, 4) is 0 Å². The summed E-state index contributed by atoms with van der Waals surface area (Å²) in [5.41, 5.74) is 2.49. The number of aryl methyl sites for hydroxylation is 2. The van der Waals surface area contributed by atoms with E-state index in [9.17, 15) is 0 Å². The van der Waals surface area contributed by atoms with Crippen LogP contribution in [0.2, 0.25) is 5.15 Å². The van der Waals surface area contributed by atoms with Crippen molar-refractivity contribution in [1.82, 2.24) is 20.0 Å². The van der Waals surface area contributed by atoms with E-state index >= 15 is 0 Å². The van der Waals surface area contributed by atoms with E-state index in [4.69, 9.17) is 11.6 Å². The fourth-order valence-corrected chi connectivity index (χ4v) is 2.85. The molecule has 0 spiro atoms. The molecule has 0 bridgehead atoms. The van der Waals surface area contributed by atoms with Gasteiger partial charge in [0, 0.05) is 44.8 Å². The van der Waals surface area contributed by atoms with Crippen LogP contribution in [-0.2, 0) is 13.6 Å². The van der Waals surface area contributed by atoms with Crippen LogP contribution in [0.5, 0.6) is 0 Å². The summed E-state index contributed by atoms with van der Waals surface area (Å²) >= 11 is 6.32. The molecule has 5 heteroatoms. The summed E-state index contributed by atoms with van der Waals surface area (Å²) in [5, 5.41) is 8.77. The Morgan fingerprint density at radius 2 is 2.11 bits per heavy atom. The minimum atomic E-state index is 0.284. The van der Waals surface area contributed by atoms with Crippen LogP contribution in [0.1, 0.15) is 32.0 Å². The van der Waals surface area contributed by atoms with E-state index in [-0.39, 0.29) is 5.41 Å². The maximum atomic E-state index is 6.32. The number of rotatable bonds is 2. The number of nitrogens with one attached hydrogen (secondary N) is 1. The van der Waals surface area contributed by atoms with E-state index in [0.717, 1.165) is 37.0 Å². The Balaban J connectivity index is 2.07. The Hall–Kier alpha value is -0.580. The Labute approximate surface area is 121 Å². The third-order valence-electron chi connectivity index (χ3n) is 3.96. The molecule has 4 nitrogen and oxygen atoms in total. The first-order valence-corrected chi connectivity index (χ1v) is 7.30. The van der Waals surface area contributed by atoms with Gasteiger partial charge in [-0.1, -0.05) is 32.4 Å². The maximum Gasteiger partial charge on any atom is 0.131 e. The predicted molar refractivity (Wildman–Crippen MR) is 79.5 cm³/mol. The number of hydrogen-bond acceptors (Lipinski definition) is 3. The first-order valence-electron chi connectivity index (χ1n) is 6.92. The smallest absolute Gasteiger partial charge is 0.131 e. The summed E-state index contributed by atoms with van der Waals surface area (Å²) < 4.78 is 1.76. The van der Waals surface area contributed by atoms with Crippen LogP contribution < -0.4 is 5.32 Å². The molecule has 2 heterocycles. The van der Waals surface area contributed by atoms with Crippen molar-refractivity contribution in [3.63, 3.8) is 0 Å². The highest BCUT2D eigenvalue weighted by atomic mass is 35.5. The van der Waals surface area contributed by atoms with Gasteiger partial charge < -0.3 is 5.32 Å². The first-order chi connectivity index (χ1) is 8.79. The Morgan fingerprint density at radius 3 is 2.63 bits per heavy atom. The Kier molecular flexibility index (Phi) is 4.23. The monoisotopic (exact) mass is 284 g/mol. The molecule has 108 valence electrons. The van der Waals surface area contributed by atoms with Gasteiger partial charge in [-0.15, -0.1) is 0 Å². The van der Waals surface area contributed by atoms with Crippen molar-refractivity contribution in [2.75, 3.05) is 19.6 Å². The summed E-state index contributed by atoms with van der Waals surface area (Å²) in [7, 11) is 1.90. The molecule has 1 atom stereocenters. The zero-order valence-corrected chi connectivity index (χ0v) is 13.4. The van der Waals surface area contributed by atoms with Crippen molar-refractivity contribution in [2.45, 2.75) is 40.3 Å². The van der Waals surface area contributed by atoms with E-state index in [1.54, 1.807) is 4.68 Å². The minimum absolute atomic E-state index is 0.284. The van der Waals surface area contributed by atoms with Gasteiger partial charge in [0.15, 0.2) is 0 Å². The van der Waals surface area contributed by atoms with Gasteiger partial charge in [0.1, 0.15) is 5.15 Å². The lowest BCUT2D eigenvalue weighted by Crippen LogP contribution is -2.55. The quantitative estimate of drug-likeness (QED) is 0.904. The van der Waals surface area contributed by atoms with Crippen LogP contribution >= 0.6 is 11.6 Å². The molecule has 1 saturated heterocycles. The molecule has 0 aromatic carbocycles. The van der Waals surface area contributed by atoms with Crippen LogP contribution in [-0.4, -0.2) is 40.4 Å². The maximum absolute atomic E-state index is 6.32. The number of halogens is 1. The fourth-order valence-electron chi connectivity index (χ4n) is 2.61. The average molecular weight is 285 g/mol. The van der Waals surface area contributed by atoms with Crippen molar-refractivity contribution in [2.24, 2.45) is 12.5 Å². The average Bonchev–Trinajstić information content (AvgIpc) is 2.55. The van der Waals surface area contributed by atoms with Crippen LogP contribution in [0, 0.1) is 12.3 Å². The van der Waals surface area contributed by atoms with Gasteiger partial charge in [0.2, 0.25) is 0 Å². The third kappa shape index (κ3) is 3.30. The van der Waals surface area contributed by atoms with Gasteiger partial charge in [0.25, 0.3) is 0 Å². The molecule has 2 rings (SSSR count). The second-order valence-corrected chi connectivity index (χ2v) is 6.94. The van der Waals surface area contributed by atoms with Crippen LogP contribution in [0.25, 0.3) is 0 Å². The normalized spacial score (nSPS) is 21.9. The van der Waals surface area contributed by atoms with Crippen molar-refractivity contribution in [1.29, 1.82) is 0 Å². The van der Waals surface area contributed by atoms with Gasteiger partial charge in [-0.3, -0.25) is 9.58 Å². The predicted octanol–water partition coefficient (Wildman–Crippen LogP) is 2.20. The number of piperazine rings is 1. The minimum Gasteiger partial charge on any atom is -0.311 e. The van der Waals surface area contributed by atoms with Crippen molar-refractivity contribution < 1.29 is 0 Å². The van der Waals surface area contributed by atoms with Crippen LogP contribution in [0.3, 0.4) is 0 Å². The van der Waals surface area contributed by atoms with Gasteiger partial charge >= 0.3 is 0 Å². The molecular formula is C14H25ClN4. The lowest BCUT2D eigenvalue weighted by Gasteiger charge is -2.40. The molecular weight excluding hydrogens is 260 g/mol. The van der Waals surface area contributed by atoms with Crippen LogP contribution in [0.4, 0.5) is 0 Å². The highest BCUT2D eigenvalue weighted by molar-refractivity contribution is 6.30. The van der Waals surface area contributed by atoms with Crippen molar-refractivity contribution >= 4 is 11.6 Å². The first kappa shape index (κ1) is 14.8. The molecule has 1 aromatic rings. The lowest BCUT2D eigenvalue weighted by molar-refractivity contribution is 0.129. The molecule has 0 radical (unpaired) electrons. The van der Waals surface area contributed by atoms with Crippen molar-refractivity contribution in [3.05, 3.63) is 16.4 Å². The van der Waals surface area contributed by atoms with E-state index in [1.165, 1.54) is 5.56 Å². The SMILES string of the molecule is Cc1nn(C)c(Cl)c1CN1CCNC(C(C)(C)C)C1. The van der Waals surface area contributed by atoms with Gasteiger partial charge in [-0.25, -0.2) is 0 Å². The molecule has 1 fully saturated rings. The van der Waals surface area contributed by atoms with E-state index < -0.39 is 0 Å². The van der Waals surface area contributed by atoms with Crippen LogP contribution in [0.15, 0.2) is 0 Å². The topological polar surface area (TPSA) is 33.1 Å². The molecule has 0 amide bonds. The second kappa shape index (κ2) is 5.43. The highest BCUT2D eigenvalue weighted by Crippen LogP contribution is 2.25. The molecule has 1 aromatic heterocycles. The molecule has 19 heavy (non-hydrogen) atoms. The molecule has 1 unspecified atom stereocenters. The largest absolute Gasteiger partial charge is 0.311 e. The third-order valence-corrected chi connectivity index (χ3v) is 4.43. The molecule has 1 aliphatic heterocycles. The Bertz CT molecular complexity index is 447. The number of hydrogen-bond donors (Lipinski definition) is 1. The summed E-state index contributed by atoms with van der Waals surface area (Å²) in [6.45, 7) is 13.0. The van der Waals surface area contributed by atoms with Gasteiger partial charge in [-0.05, 0) is 12.3 Å². The summed E-state index contributed by atoms with van der Waals surface area (Å²) in [6.07, 6.45) is 0. The second-order valence-electron chi connectivity index (χ2n) is 6.59. The molecule has 0 aliphatic carbocycles.